The van der Waals surface area contributed by atoms with Crippen molar-refractivity contribution in [1.29, 1.82) is 0 Å². The molecule has 0 saturated heterocycles. The van der Waals surface area contributed by atoms with Gasteiger partial charge in [-0.25, -0.2) is 0 Å². The number of hydrogen-bond acceptors (Lipinski definition) is 4. The van der Waals surface area contributed by atoms with Gasteiger partial charge < -0.3 is 4.74 Å². The van der Waals surface area contributed by atoms with Crippen LogP contribution in [-0.4, -0.2) is 23.3 Å². The van der Waals surface area contributed by atoms with Crippen LogP contribution in [0.5, 0.6) is 0 Å². The standard InChI is InChI=1S/C20H24BrNO3/c1-13(25-12-23)20-18(9-8-16-7-6-15(21)11-22-16)17-5-3-2-4-14(17)10-19(20)24/h6-9,11-14,17-18,20H,2-5,10H2,1H3/b9-8+/t13-,14+,17-,18+,20?/m1/s1. The van der Waals surface area contributed by atoms with Gasteiger partial charge in [-0.2, -0.15) is 0 Å². The third-order valence-electron chi connectivity index (χ3n) is 5.73. The molecule has 0 amide bonds. The molecule has 2 aliphatic rings. The molecule has 2 fully saturated rings. The van der Waals surface area contributed by atoms with Gasteiger partial charge in [-0.15, -0.1) is 0 Å². The predicted molar refractivity (Wildman–Crippen MR) is 99.6 cm³/mol. The van der Waals surface area contributed by atoms with E-state index in [4.69, 9.17) is 4.74 Å². The maximum atomic E-state index is 12.8. The number of carbonyl (C=O) groups excluding carboxylic acids is 2. The summed E-state index contributed by atoms with van der Waals surface area (Å²) in [6.07, 6.45) is 10.8. The summed E-state index contributed by atoms with van der Waals surface area (Å²) in [7, 11) is 0. The molecular formula is C20H24BrNO3. The van der Waals surface area contributed by atoms with E-state index < -0.39 is 0 Å². The fourth-order valence-corrected chi connectivity index (χ4v) is 4.81. The third-order valence-corrected chi connectivity index (χ3v) is 6.20. The smallest absolute Gasteiger partial charge is 0.293 e. The number of ketones is 1. The zero-order valence-electron chi connectivity index (χ0n) is 14.4. The summed E-state index contributed by atoms with van der Waals surface area (Å²) in [6, 6.07) is 3.90. The van der Waals surface area contributed by atoms with E-state index in [9.17, 15) is 9.59 Å². The number of carbonyl (C=O) groups is 2. The first-order valence-electron chi connectivity index (χ1n) is 9.01. The van der Waals surface area contributed by atoms with Crippen LogP contribution in [0.1, 0.15) is 44.7 Å². The topological polar surface area (TPSA) is 56.3 Å². The summed E-state index contributed by atoms with van der Waals surface area (Å²) in [4.78, 5) is 28.0. The normalized spacial score (nSPS) is 30.7. The van der Waals surface area contributed by atoms with Crippen LogP contribution in [0, 0.1) is 23.7 Å². The molecule has 1 heterocycles. The van der Waals surface area contributed by atoms with E-state index >= 15 is 0 Å². The van der Waals surface area contributed by atoms with Crippen molar-refractivity contribution in [3.63, 3.8) is 0 Å². The van der Waals surface area contributed by atoms with E-state index in [1.165, 1.54) is 12.8 Å². The number of fused-ring (bicyclic) bond motifs is 1. The lowest BCUT2D eigenvalue weighted by molar-refractivity contribution is -0.145. The molecule has 0 N–H and O–H groups in total. The molecule has 2 aliphatic carbocycles. The Hall–Kier alpha value is -1.49. The molecule has 0 spiro atoms. The Morgan fingerprint density at radius 2 is 2.12 bits per heavy atom. The number of allylic oxidation sites excluding steroid dienone is 1. The molecule has 5 heteroatoms. The SMILES string of the molecule is C[C@@H](OC=O)C1C(=O)C[C@@H]2CCCC[C@H]2[C@@H]1/C=C/c1ccc(Br)cn1. The first kappa shape index (κ1) is 18.3. The lowest BCUT2D eigenvalue weighted by Crippen LogP contribution is -2.46. The highest BCUT2D eigenvalue weighted by Gasteiger charge is 2.46. The molecule has 0 aromatic carbocycles. The van der Waals surface area contributed by atoms with E-state index in [2.05, 4.69) is 27.0 Å². The molecule has 5 atom stereocenters. The highest BCUT2D eigenvalue weighted by molar-refractivity contribution is 9.10. The van der Waals surface area contributed by atoms with Crippen molar-refractivity contribution >= 4 is 34.3 Å². The van der Waals surface area contributed by atoms with Crippen LogP contribution in [0.2, 0.25) is 0 Å². The highest BCUT2D eigenvalue weighted by Crippen LogP contribution is 2.47. The van der Waals surface area contributed by atoms with E-state index in [0.717, 1.165) is 23.0 Å². The Morgan fingerprint density at radius 1 is 1.32 bits per heavy atom. The average Bonchev–Trinajstić information content (AvgIpc) is 2.60. The lowest BCUT2D eigenvalue weighted by atomic mass is 9.60. The fraction of sp³-hybridized carbons (Fsp3) is 0.550. The van der Waals surface area contributed by atoms with Crippen molar-refractivity contribution in [2.75, 3.05) is 0 Å². The first-order chi connectivity index (χ1) is 12.1. The van der Waals surface area contributed by atoms with Gasteiger partial charge in [-0.3, -0.25) is 14.6 Å². The number of Topliss-reactive ketones (excluding diaryl/α,β-unsaturated/α-hetero) is 1. The van der Waals surface area contributed by atoms with Crippen LogP contribution in [0.15, 0.2) is 28.9 Å². The van der Waals surface area contributed by atoms with Gasteiger partial charge in [0.15, 0.2) is 0 Å². The second kappa shape index (κ2) is 8.26. The van der Waals surface area contributed by atoms with Crippen LogP contribution < -0.4 is 0 Å². The molecule has 2 saturated carbocycles. The summed E-state index contributed by atoms with van der Waals surface area (Å²) in [5.74, 6) is 1.04. The van der Waals surface area contributed by atoms with Crippen molar-refractivity contribution in [3.05, 3.63) is 34.6 Å². The van der Waals surface area contributed by atoms with Crippen LogP contribution in [0.3, 0.4) is 0 Å². The zero-order valence-corrected chi connectivity index (χ0v) is 16.0. The summed E-state index contributed by atoms with van der Waals surface area (Å²) >= 11 is 3.39. The molecule has 0 radical (unpaired) electrons. The van der Waals surface area contributed by atoms with Crippen molar-refractivity contribution in [3.8, 4) is 0 Å². The molecule has 0 bridgehead atoms. The van der Waals surface area contributed by atoms with Gasteiger partial charge in [0.25, 0.3) is 6.47 Å². The predicted octanol–water partition coefficient (Wildman–Crippen LogP) is 4.43. The molecular weight excluding hydrogens is 382 g/mol. The quantitative estimate of drug-likeness (QED) is 0.679. The van der Waals surface area contributed by atoms with Crippen LogP contribution in [0.25, 0.3) is 6.08 Å². The van der Waals surface area contributed by atoms with E-state index in [1.807, 2.05) is 25.1 Å². The summed E-state index contributed by atoms with van der Waals surface area (Å²) in [5.41, 5.74) is 0.872. The summed E-state index contributed by atoms with van der Waals surface area (Å²) in [6.45, 7) is 2.29. The van der Waals surface area contributed by atoms with Crippen molar-refractivity contribution in [1.82, 2.24) is 4.98 Å². The van der Waals surface area contributed by atoms with Crippen molar-refractivity contribution < 1.29 is 14.3 Å². The van der Waals surface area contributed by atoms with Crippen LogP contribution in [0.4, 0.5) is 0 Å². The van der Waals surface area contributed by atoms with E-state index in [-0.39, 0.29) is 23.7 Å². The van der Waals surface area contributed by atoms with Gasteiger partial charge in [0.2, 0.25) is 0 Å². The summed E-state index contributed by atoms with van der Waals surface area (Å²) in [5, 5.41) is 0. The van der Waals surface area contributed by atoms with Crippen LogP contribution >= 0.6 is 15.9 Å². The lowest BCUT2D eigenvalue weighted by Gasteiger charge is -2.45. The zero-order chi connectivity index (χ0) is 17.8. The molecule has 1 aromatic heterocycles. The Kier molecular flexibility index (Phi) is 6.05. The number of rotatable bonds is 5. The Bertz CT molecular complexity index is 643. The molecule has 0 aliphatic heterocycles. The average molecular weight is 406 g/mol. The van der Waals surface area contributed by atoms with Crippen LogP contribution in [-0.2, 0) is 14.3 Å². The monoisotopic (exact) mass is 405 g/mol. The highest BCUT2D eigenvalue weighted by atomic mass is 79.9. The number of nitrogens with zero attached hydrogens (tertiary/aromatic N) is 1. The Labute approximate surface area is 157 Å². The molecule has 134 valence electrons. The number of aromatic nitrogens is 1. The third kappa shape index (κ3) is 4.20. The molecule has 1 aromatic rings. The number of hydrogen-bond donors (Lipinski definition) is 0. The minimum absolute atomic E-state index is 0.104. The fourth-order valence-electron chi connectivity index (χ4n) is 4.58. The van der Waals surface area contributed by atoms with Gasteiger partial charge in [0, 0.05) is 17.1 Å². The van der Waals surface area contributed by atoms with Gasteiger partial charge in [-0.1, -0.05) is 18.9 Å². The van der Waals surface area contributed by atoms with Crippen molar-refractivity contribution in [2.24, 2.45) is 23.7 Å². The number of ether oxygens (including phenoxy) is 1. The van der Waals surface area contributed by atoms with Gasteiger partial charge >= 0.3 is 0 Å². The van der Waals surface area contributed by atoms with Gasteiger partial charge in [-0.05, 0) is 71.7 Å². The Morgan fingerprint density at radius 3 is 2.84 bits per heavy atom. The number of pyridine rings is 1. The number of halogens is 1. The van der Waals surface area contributed by atoms with Gasteiger partial charge in [0.05, 0.1) is 11.6 Å². The van der Waals surface area contributed by atoms with E-state index in [1.54, 1.807) is 6.20 Å². The van der Waals surface area contributed by atoms with Crippen molar-refractivity contribution in [2.45, 2.75) is 45.1 Å². The van der Waals surface area contributed by atoms with Gasteiger partial charge in [0.1, 0.15) is 11.9 Å². The molecule has 4 nitrogen and oxygen atoms in total. The molecule has 1 unspecified atom stereocenters. The molecule has 25 heavy (non-hydrogen) atoms. The minimum atomic E-state index is -0.389. The largest absolute Gasteiger partial charge is 0.464 e. The molecule has 3 rings (SSSR count). The second-order valence-corrected chi connectivity index (χ2v) is 8.10. The first-order valence-corrected chi connectivity index (χ1v) is 9.81. The maximum Gasteiger partial charge on any atom is 0.293 e. The second-order valence-electron chi connectivity index (χ2n) is 7.18. The Balaban J connectivity index is 1.88. The summed E-state index contributed by atoms with van der Waals surface area (Å²) < 4.78 is 6.11. The minimum Gasteiger partial charge on any atom is -0.464 e. The van der Waals surface area contributed by atoms with E-state index in [0.29, 0.717) is 24.7 Å². The maximum absolute atomic E-state index is 12.8.